The van der Waals surface area contributed by atoms with Gasteiger partial charge in [0.1, 0.15) is 12.1 Å². The maximum Gasteiger partial charge on any atom is 0.326 e. The Balaban J connectivity index is 2.66. The number of hydrogen-bond donors (Lipinski definition) is 6. The molecule has 0 aromatic carbocycles. The largest absolute Gasteiger partial charge is 0.481 e. The lowest BCUT2D eigenvalue weighted by Crippen LogP contribution is -2.53. The Morgan fingerprint density at radius 2 is 1.86 bits per heavy atom. The highest BCUT2D eigenvalue weighted by molar-refractivity contribution is 5.92. The first kappa shape index (κ1) is 23.1. The van der Waals surface area contributed by atoms with E-state index >= 15 is 0 Å². The summed E-state index contributed by atoms with van der Waals surface area (Å²) in [7, 11) is 0. The second kappa shape index (κ2) is 11.1. The Labute approximate surface area is 162 Å². The number of carboxylic acid groups (broad SMARTS) is 2. The summed E-state index contributed by atoms with van der Waals surface area (Å²) in [4.78, 5) is 52.0. The zero-order chi connectivity index (χ0) is 21.3. The third-order valence-corrected chi connectivity index (χ3v) is 4.38. The highest BCUT2D eigenvalue weighted by Gasteiger charge is 2.37. The van der Waals surface area contributed by atoms with E-state index in [-0.39, 0.29) is 31.8 Å². The van der Waals surface area contributed by atoms with E-state index in [1.54, 1.807) is 0 Å². The lowest BCUT2D eigenvalue weighted by atomic mass is 10.1. The number of aliphatic imine (C=N–C) groups is 1. The number of nitrogens with one attached hydrogen (secondary N) is 1. The quantitative estimate of drug-likeness (QED) is 0.126. The first-order valence-corrected chi connectivity index (χ1v) is 9.00. The third-order valence-electron chi connectivity index (χ3n) is 4.38. The van der Waals surface area contributed by atoms with Crippen LogP contribution in [-0.4, -0.2) is 76.0 Å². The summed E-state index contributed by atoms with van der Waals surface area (Å²) in [6.45, 7) is 0.536. The van der Waals surface area contributed by atoms with Gasteiger partial charge in [-0.3, -0.25) is 19.4 Å². The van der Waals surface area contributed by atoms with E-state index < -0.39 is 41.9 Å². The fraction of sp³-hybridized carbons (Fsp3) is 0.688. The third kappa shape index (κ3) is 7.39. The topological polar surface area (TPSA) is 214 Å². The number of hydrogen-bond acceptors (Lipinski definition) is 6. The van der Waals surface area contributed by atoms with Crippen LogP contribution in [0.15, 0.2) is 4.99 Å². The van der Waals surface area contributed by atoms with Crippen molar-refractivity contribution in [1.29, 1.82) is 0 Å². The maximum absolute atomic E-state index is 12.5. The van der Waals surface area contributed by atoms with Crippen molar-refractivity contribution in [3.8, 4) is 0 Å². The molecule has 0 unspecified atom stereocenters. The summed E-state index contributed by atoms with van der Waals surface area (Å²) in [6, 6.07) is -3.00. The van der Waals surface area contributed by atoms with Crippen molar-refractivity contribution in [3.05, 3.63) is 0 Å². The smallest absolute Gasteiger partial charge is 0.326 e. The van der Waals surface area contributed by atoms with Gasteiger partial charge in [0.15, 0.2) is 5.96 Å². The predicted molar refractivity (Wildman–Crippen MR) is 99.1 cm³/mol. The van der Waals surface area contributed by atoms with Gasteiger partial charge in [-0.25, -0.2) is 4.79 Å². The normalized spacial score (nSPS) is 18.2. The molecule has 0 bridgehead atoms. The van der Waals surface area contributed by atoms with Gasteiger partial charge in [-0.05, 0) is 32.1 Å². The van der Waals surface area contributed by atoms with Crippen molar-refractivity contribution >= 4 is 29.7 Å². The van der Waals surface area contributed by atoms with Gasteiger partial charge in [0, 0.05) is 19.5 Å². The van der Waals surface area contributed by atoms with Gasteiger partial charge in [-0.1, -0.05) is 0 Å². The van der Waals surface area contributed by atoms with E-state index in [1.807, 2.05) is 0 Å². The van der Waals surface area contributed by atoms with E-state index in [2.05, 4.69) is 10.3 Å². The molecular weight excluding hydrogens is 372 g/mol. The van der Waals surface area contributed by atoms with Gasteiger partial charge in [-0.15, -0.1) is 0 Å². The van der Waals surface area contributed by atoms with Crippen LogP contribution in [0.3, 0.4) is 0 Å². The minimum Gasteiger partial charge on any atom is -0.481 e. The van der Waals surface area contributed by atoms with Crippen LogP contribution in [0, 0.1) is 0 Å². The van der Waals surface area contributed by atoms with Crippen molar-refractivity contribution in [1.82, 2.24) is 10.2 Å². The molecule has 1 saturated heterocycles. The zero-order valence-electron chi connectivity index (χ0n) is 15.5. The predicted octanol–water partition coefficient (Wildman–Crippen LogP) is -2.21. The number of aliphatic carboxylic acids is 2. The van der Waals surface area contributed by atoms with Crippen molar-refractivity contribution in [3.63, 3.8) is 0 Å². The van der Waals surface area contributed by atoms with Gasteiger partial charge in [0.2, 0.25) is 11.8 Å². The summed E-state index contributed by atoms with van der Waals surface area (Å²) < 4.78 is 0. The van der Waals surface area contributed by atoms with E-state index in [1.165, 1.54) is 4.90 Å². The van der Waals surface area contributed by atoms with Crippen LogP contribution in [-0.2, 0) is 19.2 Å². The van der Waals surface area contributed by atoms with Crippen LogP contribution >= 0.6 is 0 Å². The number of nitrogens with two attached hydrogens (primary N) is 3. The number of amides is 2. The molecule has 0 aromatic heterocycles. The zero-order valence-corrected chi connectivity index (χ0v) is 15.5. The SMILES string of the molecule is NC(N)=NCCC[C@H](NC(=O)[C@@H]1CCCN1C(=O)[C@@H](N)CCC(=O)O)C(=O)O. The van der Waals surface area contributed by atoms with Crippen molar-refractivity contribution in [2.45, 2.75) is 56.7 Å². The fourth-order valence-corrected chi connectivity index (χ4v) is 2.95. The summed E-state index contributed by atoms with van der Waals surface area (Å²) in [6.07, 6.45) is 1.12. The van der Waals surface area contributed by atoms with Crippen molar-refractivity contribution in [2.75, 3.05) is 13.1 Å². The molecule has 1 fully saturated rings. The molecule has 1 heterocycles. The molecule has 3 atom stereocenters. The second-order valence-corrected chi connectivity index (χ2v) is 6.58. The van der Waals surface area contributed by atoms with E-state index in [4.69, 9.17) is 22.3 Å². The molecule has 1 aliphatic heterocycles. The summed E-state index contributed by atoms with van der Waals surface area (Å²) in [5.41, 5.74) is 16.1. The molecule has 0 aromatic rings. The van der Waals surface area contributed by atoms with Crippen LogP contribution in [0.5, 0.6) is 0 Å². The molecule has 9 N–H and O–H groups in total. The molecule has 0 radical (unpaired) electrons. The standard InChI is InChI=1S/C16H28N6O6/c17-9(5-6-12(23)24)14(26)22-8-2-4-11(22)13(25)21-10(15(27)28)3-1-7-20-16(18)19/h9-11H,1-8,17H2,(H,21,25)(H,23,24)(H,27,28)(H4,18,19,20)/t9-,10-,11-/m0/s1. The van der Waals surface area contributed by atoms with Gasteiger partial charge >= 0.3 is 11.9 Å². The number of rotatable bonds is 11. The van der Waals surface area contributed by atoms with Crippen LogP contribution in [0.4, 0.5) is 0 Å². The Bertz CT molecular complexity index is 621. The van der Waals surface area contributed by atoms with Crippen molar-refractivity contribution in [2.24, 2.45) is 22.2 Å². The molecule has 28 heavy (non-hydrogen) atoms. The van der Waals surface area contributed by atoms with Gasteiger partial charge < -0.3 is 37.6 Å². The molecule has 1 rings (SSSR count). The van der Waals surface area contributed by atoms with Gasteiger partial charge in [-0.2, -0.15) is 0 Å². The molecule has 0 saturated carbocycles. The Morgan fingerprint density at radius 3 is 2.43 bits per heavy atom. The maximum atomic E-state index is 12.5. The minimum absolute atomic E-state index is 0.0401. The number of likely N-dealkylation sites (tertiary alicyclic amines) is 1. The Kier molecular flexibility index (Phi) is 9.15. The first-order chi connectivity index (χ1) is 13.1. The van der Waals surface area contributed by atoms with Crippen LogP contribution in [0.1, 0.15) is 38.5 Å². The molecule has 158 valence electrons. The van der Waals surface area contributed by atoms with Gasteiger partial charge in [0.05, 0.1) is 6.04 Å². The van der Waals surface area contributed by atoms with Crippen LogP contribution in [0.25, 0.3) is 0 Å². The average molecular weight is 400 g/mol. The molecule has 0 spiro atoms. The van der Waals surface area contributed by atoms with Gasteiger partial charge in [0.25, 0.3) is 0 Å². The summed E-state index contributed by atoms with van der Waals surface area (Å²) in [5, 5.41) is 20.4. The van der Waals surface area contributed by atoms with E-state index in [0.717, 1.165) is 0 Å². The minimum atomic E-state index is -1.20. The fourth-order valence-electron chi connectivity index (χ4n) is 2.95. The average Bonchev–Trinajstić information content (AvgIpc) is 3.10. The molecule has 12 nitrogen and oxygen atoms in total. The van der Waals surface area contributed by atoms with Crippen LogP contribution < -0.4 is 22.5 Å². The number of carboxylic acids is 2. The molecule has 12 heteroatoms. The molecule has 0 aliphatic carbocycles. The number of carbonyl (C=O) groups excluding carboxylic acids is 2. The highest BCUT2D eigenvalue weighted by Crippen LogP contribution is 2.19. The molecule has 2 amide bonds. The van der Waals surface area contributed by atoms with Crippen molar-refractivity contribution < 1.29 is 29.4 Å². The Hall–Kier alpha value is -2.89. The van der Waals surface area contributed by atoms with Crippen LogP contribution in [0.2, 0.25) is 0 Å². The number of carbonyl (C=O) groups is 4. The summed E-state index contributed by atoms with van der Waals surface area (Å²) >= 11 is 0. The molecular formula is C16H28N6O6. The van der Waals surface area contributed by atoms with E-state index in [0.29, 0.717) is 25.8 Å². The Morgan fingerprint density at radius 1 is 1.18 bits per heavy atom. The highest BCUT2D eigenvalue weighted by atomic mass is 16.4. The monoisotopic (exact) mass is 400 g/mol. The first-order valence-electron chi connectivity index (χ1n) is 9.00. The molecule has 1 aliphatic rings. The number of nitrogens with zero attached hydrogens (tertiary/aromatic N) is 2. The lowest BCUT2D eigenvalue weighted by molar-refractivity contribution is -0.144. The number of guanidine groups is 1. The second-order valence-electron chi connectivity index (χ2n) is 6.58. The summed E-state index contributed by atoms with van der Waals surface area (Å²) in [5.74, 6) is -3.46. The lowest BCUT2D eigenvalue weighted by Gasteiger charge is -2.27. The van der Waals surface area contributed by atoms with E-state index in [9.17, 15) is 24.3 Å².